The van der Waals surface area contributed by atoms with Gasteiger partial charge in [0.2, 0.25) is 0 Å². The lowest BCUT2D eigenvalue weighted by atomic mass is 9.74. The van der Waals surface area contributed by atoms with Gasteiger partial charge in [0.1, 0.15) is 0 Å². The third-order valence-corrected chi connectivity index (χ3v) is 11.9. The highest BCUT2D eigenvalue weighted by molar-refractivity contribution is 9.24. The van der Waals surface area contributed by atoms with Gasteiger partial charge in [-0.3, -0.25) is 0 Å². The minimum atomic E-state index is -0.0439. The summed E-state index contributed by atoms with van der Waals surface area (Å²) in [4.78, 5) is 2.70. The van der Waals surface area contributed by atoms with E-state index in [4.69, 9.17) is 0 Å². The molecule has 0 atom stereocenters. The van der Waals surface area contributed by atoms with Gasteiger partial charge >= 0.3 is 5.81 Å². The Morgan fingerprint density at radius 1 is 0.571 bits per heavy atom. The number of halogens is 1. The fourth-order valence-electron chi connectivity index (χ4n) is 8.47. The van der Waals surface area contributed by atoms with E-state index < -0.39 is 0 Å². The zero-order chi connectivity index (χ0) is 36.7. The van der Waals surface area contributed by atoms with E-state index in [0.29, 0.717) is 35.5 Å². The van der Waals surface area contributed by atoms with Crippen molar-refractivity contribution in [1.29, 1.82) is 0 Å². The van der Waals surface area contributed by atoms with E-state index in [1.54, 1.807) is 0 Å². The molecule has 0 radical (unpaired) electrons. The van der Waals surface area contributed by atoms with E-state index in [9.17, 15) is 0 Å². The predicted molar refractivity (Wildman–Crippen MR) is 224 cm³/mol. The first-order valence-corrected chi connectivity index (χ1v) is 20.3. The molecule has 3 aromatic carbocycles. The van der Waals surface area contributed by atoms with Crippen LogP contribution in [0.2, 0.25) is 0 Å². The maximum atomic E-state index is 4.31. The highest BCUT2D eigenvalue weighted by atomic mass is 79.9. The highest BCUT2D eigenvalue weighted by Gasteiger charge is 2.46. The molecule has 1 aliphatic rings. The summed E-state index contributed by atoms with van der Waals surface area (Å²) in [5.41, 5.74) is 15.4. The van der Waals surface area contributed by atoms with Crippen molar-refractivity contribution in [2.45, 2.75) is 177 Å². The number of nitrogens with zero attached hydrogens (tertiary/aromatic N) is 1. The van der Waals surface area contributed by atoms with Crippen LogP contribution in [0.3, 0.4) is 0 Å². The standard InChI is InChI=1S/C45H68BBrN2/c1-27(2)33-23-37(29(5)6)41(38(24-33)30(7)8)35-19-17-20-36(42-39(31(9)10)25-34(28(3)4)26-40(42)32(11)12)43(35)48-46(47)49-44(13,14)21-18-22-45(49,15)16/h17,19-20,23-32,48H,18,21-22H2,1-16H3. The molecule has 49 heavy (non-hydrogen) atoms. The van der Waals surface area contributed by atoms with Gasteiger partial charge in [0, 0.05) is 27.9 Å². The summed E-state index contributed by atoms with van der Waals surface area (Å²) in [6.07, 6.45) is 3.63. The molecule has 0 amide bonds. The van der Waals surface area contributed by atoms with E-state index in [2.05, 4.69) is 179 Å². The van der Waals surface area contributed by atoms with Crippen LogP contribution in [-0.4, -0.2) is 21.7 Å². The number of benzene rings is 3. The summed E-state index contributed by atoms with van der Waals surface area (Å²) in [5.74, 6) is 2.48. The molecule has 4 rings (SSSR count). The molecule has 0 saturated carbocycles. The van der Waals surface area contributed by atoms with Gasteiger partial charge < -0.3 is 10.0 Å². The van der Waals surface area contributed by atoms with Gasteiger partial charge in [0.05, 0.1) is 0 Å². The summed E-state index contributed by atoms with van der Waals surface area (Å²) in [5, 5.41) is 4.24. The van der Waals surface area contributed by atoms with Gasteiger partial charge in [-0.1, -0.05) is 126 Å². The molecule has 0 aliphatic carbocycles. The maximum absolute atomic E-state index is 4.31. The van der Waals surface area contributed by atoms with Crippen molar-refractivity contribution in [2.24, 2.45) is 0 Å². The lowest BCUT2D eigenvalue weighted by molar-refractivity contribution is 0.0529. The molecule has 0 unspecified atom stereocenters. The number of nitrogens with one attached hydrogen (secondary N) is 1. The second-order valence-electron chi connectivity index (χ2n) is 18.1. The first kappa shape index (κ1) is 39.7. The molecular formula is C45H68BBrN2. The predicted octanol–water partition coefficient (Wildman–Crippen LogP) is 14.6. The fourth-order valence-corrected chi connectivity index (χ4v) is 9.81. The Balaban J connectivity index is 2.18. The van der Waals surface area contributed by atoms with Crippen molar-refractivity contribution < 1.29 is 0 Å². The third kappa shape index (κ3) is 8.22. The molecule has 1 N–H and O–H groups in total. The summed E-state index contributed by atoms with van der Waals surface area (Å²) in [6, 6.07) is 17.1. The first-order chi connectivity index (χ1) is 22.7. The number of piperidine rings is 1. The second kappa shape index (κ2) is 15.3. The van der Waals surface area contributed by atoms with Crippen LogP contribution >= 0.6 is 15.8 Å². The molecule has 3 aromatic rings. The Morgan fingerprint density at radius 2 is 0.898 bits per heavy atom. The van der Waals surface area contributed by atoms with Gasteiger partial charge in [0.25, 0.3) is 0 Å². The molecule has 4 heteroatoms. The quantitative estimate of drug-likeness (QED) is 0.198. The molecule has 1 heterocycles. The molecule has 0 spiro atoms. The minimum absolute atomic E-state index is 0.0439. The Hall–Kier alpha value is -2.04. The van der Waals surface area contributed by atoms with E-state index in [1.165, 1.54) is 80.6 Å². The average Bonchev–Trinajstić information content (AvgIpc) is 2.98. The normalized spacial score (nSPS) is 16.6. The number of hydrogen-bond donors (Lipinski definition) is 1. The van der Waals surface area contributed by atoms with Crippen LogP contribution in [0.15, 0.2) is 42.5 Å². The average molecular weight is 728 g/mol. The zero-order valence-corrected chi connectivity index (χ0v) is 35.6. The summed E-state index contributed by atoms with van der Waals surface area (Å²) in [6.45, 7) is 38.0. The number of para-hydroxylation sites is 1. The van der Waals surface area contributed by atoms with Crippen molar-refractivity contribution in [2.75, 3.05) is 5.23 Å². The molecule has 268 valence electrons. The van der Waals surface area contributed by atoms with E-state index in [0.717, 1.165) is 0 Å². The van der Waals surface area contributed by atoms with E-state index in [-0.39, 0.29) is 16.9 Å². The Bertz CT molecular complexity index is 1440. The Kier molecular flexibility index (Phi) is 12.4. The number of rotatable bonds is 11. The van der Waals surface area contributed by atoms with Crippen molar-refractivity contribution >= 4 is 27.3 Å². The van der Waals surface area contributed by atoms with Crippen LogP contribution in [0.25, 0.3) is 22.3 Å². The monoisotopic (exact) mass is 726 g/mol. The molecule has 0 bridgehead atoms. The van der Waals surface area contributed by atoms with E-state index >= 15 is 0 Å². The summed E-state index contributed by atoms with van der Waals surface area (Å²) >= 11 is 4.31. The summed E-state index contributed by atoms with van der Waals surface area (Å²) in [7, 11) is 0. The maximum Gasteiger partial charge on any atom is 0.421 e. The van der Waals surface area contributed by atoms with Crippen LogP contribution in [0.4, 0.5) is 5.69 Å². The summed E-state index contributed by atoms with van der Waals surface area (Å²) < 4.78 is 0. The van der Waals surface area contributed by atoms with E-state index in [1.807, 2.05) is 0 Å². The van der Waals surface area contributed by atoms with Crippen LogP contribution < -0.4 is 5.23 Å². The zero-order valence-electron chi connectivity index (χ0n) is 34.0. The van der Waals surface area contributed by atoms with Crippen molar-refractivity contribution in [3.63, 3.8) is 0 Å². The highest BCUT2D eigenvalue weighted by Crippen LogP contribution is 2.49. The fraction of sp³-hybridized carbons (Fsp3) is 0.600. The molecule has 2 nitrogen and oxygen atoms in total. The second-order valence-corrected chi connectivity index (χ2v) is 19.0. The SMILES string of the molecule is CC(C)c1cc(C(C)C)c(-c2cccc(-c3c(C(C)C)cc(C(C)C)cc3C(C)C)c2NB(Br)N2C(C)(C)CCCC2(C)C)c(C(C)C)c1. The van der Waals surface area contributed by atoms with Gasteiger partial charge in [0.15, 0.2) is 0 Å². The molecule has 1 fully saturated rings. The van der Waals surface area contributed by atoms with Crippen LogP contribution in [-0.2, 0) is 0 Å². The van der Waals surface area contributed by atoms with Gasteiger partial charge in [-0.25, -0.2) is 0 Å². The van der Waals surface area contributed by atoms with Gasteiger partial charge in [-0.05, 0) is 127 Å². The van der Waals surface area contributed by atoms with Gasteiger partial charge in [-0.15, -0.1) is 15.8 Å². The van der Waals surface area contributed by atoms with Crippen molar-refractivity contribution in [3.05, 3.63) is 75.8 Å². The topological polar surface area (TPSA) is 15.3 Å². The number of hydrogen-bond acceptors (Lipinski definition) is 2. The largest absolute Gasteiger partial charge is 0.421 e. The minimum Gasteiger partial charge on any atom is -0.404 e. The van der Waals surface area contributed by atoms with Crippen LogP contribution in [0, 0.1) is 0 Å². The molecule has 1 aliphatic heterocycles. The lowest BCUT2D eigenvalue weighted by Crippen LogP contribution is -2.64. The van der Waals surface area contributed by atoms with Crippen molar-refractivity contribution in [1.82, 2.24) is 4.81 Å². The third-order valence-electron chi connectivity index (χ3n) is 11.2. The molecule has 0 aromatic heterocycles. The Labute approximate surface area is 310 Å². The Morgan fingerprint density at radius 3 is 1.18 bits per heavy atom. The molecular weight excluding hydrogens is 659 g/mol. The lowest BCUT2D eigenvalue weighted by Gasteiger charge is -2.54. The number of anilines is 1. The van der Waals surface area contributed by atoms with Crippen LogP contribution in [0.5, 0.6) is 0 Å². The first-order valence-electron chi connectivity index (χ1n) is 19.4. The van der Waals surface area contributed by atoms with Gasteiger partial charge in [-0.2, -0.15) is 0 Å². The molecule has 1 saturated heterocycles. The van der Waals surface area contributed by atoms with Crippen molar-refractivity contribution in [3.8, 4) is 22.3 Å². The smallest absolute Gasteiger partial charge is 0.404 e. The van der Waals surface area contributed by atoms with Crippen LogP contribution in [0.1, 0.15) is 199 Å².